The average Bonchev–Trinajstić information content (AvgIpc) is 2.61. The molecule has 0 bridgehead atoms. The normalized spacial score (nSPS) is 19.1. The first kappa shape index (κ1) is 12.5. The summed E-state index contributed by atoms with van der Waals surface area (Å²) in [5, 5.41) is 10.1. The zero-order valence-electron chi connectivity index (χ0n) is 9.54. The van der Waals surface area contributed by atoms with Gasteiger partial charge in [-0.1, -0.05) is 12.8 Å². The van der Waals surface area contributed by atoms with Crippen LogP contribution in [-0.2, 0) is 4.79 Å². The number of amides is 1. The Hall–Kier alpha value is -0.610. The lowest BCUT2D eigenvalue weighted by Crippen LogP contribution is -2.42. The zero-order chi connectivity index (χ0) is 11.3. The second-order valence-electron chi connectivity index (χ2n) is 4.57. The second kappa shape index (κ2) is 5.47. The van der Waals surface area contributed by atoms with Gasteiger partial charge in [0, 0.05) is 20.0 Å². The highest BCUT2D eigenvalue weighted by molar-refractivity contribution is 5.75. The van der Waals surface area contributed by atoms with Gasteiger partial charge in [0.15, 0.2) is 0 Å². The Morgan fingerprint density at radius 3 is 2.60 bits per heavy atom. The van der Waals surface area contributed by atoms with Crippen LogP contribution in [0, 0.1) is 0 Å². The summed E-state index contributed by atoms with van der Waals surface area (Å²) in [5.41, 5.74) is 4.71. The van der Waals surface area contributed by atoms with E-state index in [2.05, 4.69) is 0 Å². The van der Waals surface area contributed by atoms with Crippen molar-refractivity contribution in [2.75, 3.05) is 20.1 Å². The van der Waals surface area contributed by atoms with Crippen molar-refractivity contribution in [3.05, 3.63) is 0 Å². The molecule has 0 heterocycles. The molecular weight excluding hydrogens is 192 g/mol. The molecule has 0 aromatic rings. The fraction of sp³-hybridized carbons (Fsp3) is 0.909. The maximum Gasteiger partial charge on any atom is 0.222 e. The number of aliphatic hydroxyl groups is 1. The van der Waals surface area contributed by atoms with E-state index in [0.717, 1.165) is 32.1 Å². The standard InChI is InChI=1S/C11H22N2O2/c1-13(10(14)5-4-8-12)9-11(15)6-2-3-7-11/h15H,2-9,12H2,1H3. The van der Waals surface area contributed by atoms with Crippen LogP contribution < -0.4 is 5.73 Å². The molecule has 4 heteroatoms. The van der Waals surface area contributed by atoms with Crippen LogP contribution in [0.3, 0.4) is 0 Å². The molecule has 88 valence electrons. The third-order valence-corrected chi connectivity index (χ3v) is 3.09. The van der Waals surface area contributed by atoms with Gasteiger partial charge in [0.1, 0.15) is 0 Å². The first-order valence-corrected chi connectivity index (χ1v) is 5.74. The number of hydrogen-bond acceptors (Lipinski definition) is 3. The van der Waals surface area contributed by atoms with Crippen molar-refractivity contribution in [1.29, 1.82) is 0 Å². The number of likely N-dealkylation sites (N-methyl/N-ethyl adjacent to an activating group) is 1. The van der Waals surface area contributed by atoms with E-state index >= 15 is 0 Å². The van der Waals surface area contributed by atoms with Crippen LogP contribution >= 0.6 is 0 Å². The van der Waals surface area contributed by atoms with Crippen molar-refractivity contribution >= 4 is 5.91 Å². The van der Waals surface area contributed by atoms with Gasteiger partial charge >= 0.3 is 0 Å². The van der Waals surface area contributed by atoms with E-state index in [-0.39, 0.29) is 5.91 Å². The molecule has 15 heavy (non-hydrogen) atoms. The molecule has 0 radical (unpaired) electrons. The largest absolute Gasteiger partial charge is 0.388 e. The Morgan fingerprint density at radius 1 is 1.47 bits per heavy atom. The Labute approximate surface area is 91.4 Å². The summed E-state index contributed by atoms with van der Waals surface area (Å²) in [6.07, 6.45) is 5.00. The molecule has 0 aliphatic heterocycles. The van der Waals surface area contributed by atoms with E-state index in [1.54, 1.807) is 11.9 Å². The van der Waals surface area contributed by atoms with Gasteiger partial charge < -0.3 is 15.7 Å². The zero-order valence-corrected chi connectivity index (χ0v) is 9.54. The van der Waals surface area contributed by atoms with Gasteiger partial charge in [0.05, 0.1) is 5.60 Å². The number of carbonyl (C=O) groups is 1. The highest BCUT2D eigenvalue weighted by Crippen LogP contribution is 2.29. The summed E-state index contributed by atoms with van der Waals surface area (Å²) in [6, 6.07) is 0. The molecule has 0 spiro atoms. The van der Waals surface area contributed by atoms with Crippen LogP contribution in [0.15, 0.2) is 0 Å². The van der Waals surface area contributed by atoms with Crippen LogP contribution in [-0.4, -0.2) is 41.7 Å². The first-order valence-electron chi connectivity index (χ1n) is 5.74. The predicted octanol–water partition coefficient (Wildman–Crippen LogP) is 0.489. The summed E-state index contributed by atoms with van der Waals surface area (Å²) >= 11 is 0. The molecule has 0 aromatic heterocycles. The smallest absolute Gasteiger partial charge is 0.222 e. The number of carbonyl (C=O) groups excluding carboxylic acids is 1. The molecule has 0 atom stereocenters. The minimum atomic E-state index is -0.632. The van der Waals surface area contributed by atoms with Gasteiger partial charge in [-0.3, -0.25) is 4.79 Å². The van der Waals surface area contributed by atoms with E-state index < -0.39 is 5.60 Å². The first-order chi connectivity index (χ1) is 7.07. The van der Waals surface area contributed by atoms with E-state index in [1.807, 2.05) is 0 Å². The summed E-state index contributed by atoms with van der Waals surface area (Å²) < 4.78 is 0. The summed E-state index contributed by atoms with van der Waals surface area (Å²) in [4.78, 5) is 13.2. The number of nitrogens with two attached hydrogens (primary N) is 1. The van der Waals surface area contributed by atoms with Gasteiger partial charge in [-0.15, -0.1) is 0 Å². The Bertz CT molecular complexity index is 213. The van der Waals surface area contributed by atoms with Crippen molar-refractivity contribution in [2.45, 2.75) is 44.1 Å². The van der Waals surface area contributed by atoms with Crippen LogP contribution in [0.1, 0.15) is 38.5 Å². The Kier molecular flexibility index (Phi) is 4.54. The second-order valence-corrected chi connectivity index (χ2v) is 4.57. The lowest BCUT2D eigenvalue weighted by atomic mass is 10.0. The average molecular weight is 214 g/mol. The van der Waals surface area contributed by atoms with Gasteiger partial charge in [0.25, 0.3) is 0 Å². The van der Waals surface area contributed by atoms with Gasteiger partial charge in [0.2, 0.25) is 5.91 Å². The van der Waals surface area contributed by atoms with Crippen LogP contribution in [0.25, 0.3) is 0 Å². The third-order valence-electron chi connectivity index (χ3n) is 3.09. The van der Waals surface area contributed by atoms with Crippen LogP contribution in [0.2, 0.25) is 0 Å². The molecule has 3 N–H and O–H groups in total. The van der Waals surface area contributed by atoms with Gasteiger partial charge in [-0.05, 0) is 25.8 Å². The molecule has 0 unspecified atom stereocenters. The fourth-order valence-electron chi connectivity index (χ4n) is 2.17. The van der Waals surface area contributed by atoms with E-state index in [4.69, 9.17) is 5.73 Å². The SMILES string of the molecule is CN(CC1(O)CCCC1)C(=O)CCCN. The van der Waals surface area contributed by atoms with E-state index in [1.165, 1.54) is 0 Å². The lowest BCUT2D eigenvalue weighted by Gasteiger charge is -2.28. The number of rotatable bonds is 5. The quantitative estimate of drug-likeness (QED) is 0.700. The predicted molar refractivity (Wildman–Crippen MR) is 59.3 cm³/mol. The van der Waals surface area contributed by atoms with Crippen molar-refractivity contribution in [3.8, 4) is 0 Å². The summed E-state index contributed by atoms with van der Waals surface area (Å²) in [5.74, 6) is 0.0841. The minimum absolute atomic E-state index is 0.0841. The monoisotopic (exact) mass is 214 g/mol. The molecule has 1 amide bonds. The highest BCUT2D eigenvalue weighted by Gasteiger charge is 2.33. The van der Waals surface area contributed by atoms with Crippen molar-refractivity contribution < 1.29 is 9.90 Å². The van der Waals surface area contributed by atoms with E-state index in [9.17, 15) is 9.90 Å². The maximum atomic E-state index is 11.6. The van der Waals surface area contributed by atoms with Crippen molar-refractivity contribution in [2.24, 2.45) is 5.73 Å². The fourth-order valence-corrected chi connectivity index (χ4v) is 2.17. The van der Waals surface area contributed by atoms with Crippen LogP contribution in [0.5, 0.6) is 0 Å². The maximum absolute atomic E-state index is 11.6. The molecular formula is C11H22N2O2. The molecule has 4 nitrogen and oxygen atoms in total. The highest BCUT2D eigenvalue weighted by atomic mass is 16.3. The molecule has 1 rings (SSSR count). The van der Waals surface area contributed by atoms with Crippen molar-refractivity contribution in [3.63, 3.8) is 0 Å². The molecule has 0 saturated heterocycles. The number of nitrogens with zero attached hydrogens (tertiary/aromatic N) is 1. The molecule has 1 fully saturated rings. The Morgan fingerprint density at radius 2 is 2.07 bits per heavy atom. The molecule has 1 saturated carbocycles. The van der Waals surface area contributed by atoms with Crippen molar-refractivity contribution in [1.82, 2.24) is 4.90 Å². The minimum Gasteiger partial charge on any atom is -0.388 e. The third kappa shape index (κ3) is 3.80. The summed E-state index contributed by atoms with van der Waals surface area (Å²) in [6.45, 7) is 1.01. The topological polar surface area (TPSA) is 66.6 Å². The molecule has 1 aliphatic rings. The lowest BCUT2D eigenvalue weighted by molar-refractivity contribution is -0.133. The summed E-state index contributed by atoms with van der Waals surface area (Å²) in [7, 11) is 1.76. The van der Waals surface area contributed by atoms with E-state index in [0.29, 0.717) is 19.5 Å². The van der Waals surface area contributed by atoms with Gasteiger partial charge in [-0.2, -0.15) is 0 Å². The molecule has 0 aromatic carbocycles. The molecule has 1 aliphatic carbocycles. The Balaban J connectivity index is 2.33. The number of hydrogen-bond donors (Lipinski definition) is 2. The van der Waals surface area contributed by atoms with Crippen LogP contribution in [0.4, 0.5) is 0 Å². The van der Waals surface area contributed by atoms with Gasteiger partial charge in [-0.25, -0.2) is 0 Å².